The number of hydrogen-bond acceptors (Lipinski definition) is 4. The van der Waals surface area contributed by atoms with E-state index in [-0.39, 0.29) is 0 Å². The van der Waals surface area contributed by atoms with E-state index in [0.717, 1.165) is 29.9 Å². The normalized spacial score (nSPS) is 29.2. The molecule has 2 saturated carbocycles. The zero-order valence-electron chi connectivity index (χ0n) is 13.5. The minimum atomic E-state index is 0.546. The highest BCUT2D eigenvalue weighted by Crippen LogP contribution is 2.39. The van der Waals surface area contributed by atoms with Crippen molar-refractivity contribution in [2.45, 2.75) is 64.8 Å². The third-order valence-electron chi connectivity index (χ3n) is 5.08. The fraction of sp³-hybridized carbons (Fsp3) is 0.765. The zero-order valence-corrected chi connectivity index (χ0v) is 13.5. The van der Waals surface area contributed by atoms with Crippen molar-refractivity contribution in [2.75, 3.05) is 17.2 Å². The fourth-order valence-electron chi connectivity index (χ4n) is 3.31. The lowest BCUT2D eigenvalue weighted by atomic mass is 9.78. The third kappa shape index (κ3) is 3.47. The second-order valence-electron chi connectivity index (χ2n) is 6.82. The Balaban J connectivity index is 1.77. The average molecular weight is 288 g/mol. The molecule has 3 unspecified atom stereocenters. The molecule has 0 amide bonds. The monoisotopic (exact) mass is 288 g/mol. The molecule has 2 aliphatic carbocycles. The Bertz CT molecular complexity index is 484. The smallest absolute Gasteiger partial charge is 0.136 e. The number of nitrogens with one attached hydrogen (secondary N) is 2. The molecule has 3 rings (SSSR count). The van der Waals surface area contributed by atoms with Crippen molar-refractivity contribution in [3.05, 3.63) is 11.9 Å². The Morgan fingerprint density at radius 1 is 1.10 bits per heavy atom. The van der Waals surface area contributed by atoms with Crippen molar-refractivity contribution >= 4 is 11.6 Å². The van der Waals surface area contributed by atoms with Crippen molar-refractivity contribution < 1.29 is 0 Å². The SMILES string of the molecule is CCNc1cc(NC2CCCC(C)C2C)nc(C2CC2)n1. The van der Waals surface area contributed by atoms with E-state index >= 15 is 0 Å². The van der Waals surface area contributed by atoms with E-state index in [2.05, 4.69) is 42.5 Å². The summed E-state index contributed by atoms with van der Waals surface area (Å²) in [7, 11) is 0. The Kier molecular flexibility index (Phi) is 4.32. The second-order valence-corrected chi connectivity index (χ2v) is 6.82. The summed E-state index contributed by atoms with van der Waals surface area (Å²) in [5.74, 6) is 5.09. The minimum absolute atomic E-state index is 0.546. The van der Waals surface area contributed by atoms with Crippen molar-refractivity contribution in [3.63, 3.8) is 0 Å². The highest BCUT2D eigenvalue weighted by Gasteiger charge is 2.29. The summed E-state index contributed by atoms with van der Waals surface area (Å²) in [6, 6.07) is 2.62. The summed E-state index contributed by atoms with van der Waals surface area (Å²) in [5, 5.41) is 7.03. The van der Waals surface area contributed by atoms with Gasteiger partial charge in [-0.25, -0.2) is 9.97 Å². The lowest BCUT2D eigenvalue weighted by Crippen LogP contribution is -2.35. The van der Waals surface area contributed by atoms with Crippen LogP contribution in [-0.4, -0.2) is 22.6 Å². The van der Waals surface area contributed by atoms with Gasteiger partial charge in [0.05, 0.1) is 0 Å². The number of anilines is 2. The van der Waals surface area contributed by atoms with Gasteiger partial charge in [-0.15, -0.1) is 0 Å². The molecule has 2 aliphatic rings. The van der Waals surface area contributed by atoms with Crippen LogP contribution in [0.2, 0.25) is 0 Å². The lowest BCUT2D eigenvalue weighted by molar-refractivity contribution is 0.253. The first kappa shape index (κ1) is 14.6. The van der Waals surface area contributed by atoms with Gasteiger partial charge in [-0.05, 0) is 38.0 Å². The summed E-state index contributed by atoms with van der Waals surface area (Å²) in [6.45, 7) is 7.75. The molecule has 4 nitrogen and oxygen atoms in total. The van der Waals surface area contributed by atoms with Crippen LogP contribution in [0.25, 0.3) is 0 Å². The fourth-order valence-corrected chi connectivity index (χ4v) is 3.31. The van der Waals surface area contributed by atoms with Crippen molar-refractivity contribution in [2.24, 2.45) is 11.8 Å². The molecule has 1 aromatic heterocycles. The first-order valence-corrected chi connectivity index (χ1v) is 8.56. The number of aromatic nitrogens is 2. The molecule has 2 N–H and O–H groups in total. The molecule has 1 aromatic rings. The molecule has 0 aliphatic heterocycles. The van der Waals surface area contributed by atoms with Gasteiger partial charge in [0.25, 0.3) is 0 Å². The summed E-state index contributed by atoms with van der Waals surface area (Å²) in [6.07, 6.45) is 6.42. The molecule has 3 atom stereocenters. The highest BCUT2D eigenvalue weighted by molar-refractivity contribution is 5.48. The maximum atomic E-state index is 4.77. The molecule has 0 bridgehead atoms. The zero-order chi connectivity index (χ0) is 14.8. The Morgan fingerprint density at radius 3 is 2.57 bits per heavy atom. The summed E-state index contributed by atoms with van der Waals surface area (Å²) < 4.78 is 0. The standard InChI is InChI=1S/C17H28N4/c1-4-18-15-10-16(21-17(20-15)13-8-9-13)19-14-7-5-6-11(2)12(14)3/h10-14H,4-9H2,1-3H3,(H2,18,19,20,21). The predicted molar refractivity (Wildman–Crippen MR) is 87.8 cm³/mol. The number of hydrogen-bond donors (Lipinski definition) is 2. The maximum absolute atomic E-state index is 4.77. The highest BCUT2D eigenvalue weighted by atomic mass is 15.1. The van der Waals surface area contributed by atoms with Crippen LogP contribution in [0.5, 0.6) is 0 Å². The molecular weight excluding hydrogens is 260 g/mol. The molecule has 4 heteroatoms. The van der Waals surface area contributed by atoms with E-state index in [9.17, 15) is 0 Å². The summed E-state index contributed by atoms with van der Waals surface area (Å²) in [4.78, 5) is 9.42. The van der Waals surface area contributed by atoms with Crippen LogP contribution in [0.1, 0.15) is 64.6 Å². The van der Waals surface area contributed by atoms with Gasteiger partial charge in [0.15, 0.2) is 0 Å². The van der Waals surface area contributed by atoms with Crippen molar-refractivity contribution in [3.8, 4) is 0 Å². The molecule has 21 heavy (non-hydrogen) atoms. The van der Waals surface area contributed by atoms with Gasteiger partial charge in [-0.2, -0.15) is 0 Å². The number of nitrogens with zero attached hydrogens (tertiary/aromatic N) is 2. The molecule has 0 aromatic carbocycles. The maximum Gasteiger partial charge on any atom is 0.136 e. The van der Waals surface area contributed by atoms with Gasteiger partial charge in [-0.1, -0.05) is 26.7 Å². The molecular formula is C17H28N4. The minimum Gasteiger partial charge on any atom is -0.370 e. The largest absolute Gasteiger partial charge is 0.370 e. The molecule has 2 fully saturated rings. The van der Waals surface area contributed by atoms with E-state index in [0.29, 0.717) is 17.9 Å². The molecule has 0 spiro atoms. The lowest BCUT2D eigenvalue weighted by Gasteiger charge is -2.35. The summed E-state index contributed by atoms with van der Waals surface area (Å²) in [5.41, 5.74) is 0. The second kappa shape index (κ2) is 6.20. The van der Waals surface area contributed by atoms with E-state index < -0.39 is 0 Å². The average Bonchev–Trinajstić information content (AvgIpc) is 3.29. The van der Waals surface area contributed by atoms with Gasteiger partial charge >= 0.3 is 0 Å². The van der Waals surface area contributed by atoms with Gasteiger partial charge in [0.1, 0.15) is 17.5 Å². The van der Waals surface area contributed by atoms with E-state index in [1.165, 1.54) is 32.1 Å². The van der Waals surface area contributed by atoms with Crippen molar-refractivity contribution in [1.29, 1.82) is 0 Å². The molecule has 1 heterocycles. The van der Waals surface area contributed by atoms with E-state index in [1.54, 1.807) is 0 Å². The molecule has 0 saturated heterocycles. The van der Waals surface area contributed by atoms with Crippen LogP contribution in [0, 0.1) is 11.8 Å². The van der Waals surface area contributed by atoms with Crippen LogP contribution < -0.4 is 10.6 Å². The Morgan fingerprint density at radius 2 is 1.86 bits per heavy atom. The van der Waals surface area contributed by atoms with Crippen LogP contribution in [0.4, 0.5) is 11.6 Å². The van der Waals surface area contributed by atoms with Crippen LogP contribution in [0.15, 0.2) is 6.07 Å². The summed E-state index contributed by atoms with van der Waals surface area (Å²) >= 11 is 0. The van der Waals surface area contributed by atoms with E-state index in [1.807, 2.05) is 0 Å². The van der Waals surface area contributed by atoms with Gasteiger partial charge in [0, 0.05) is 24.6 Å². The van der Waals surface area contributed by atoms with Gasteiger partial charge in [-0.3, -0.25) is 0 Å². The predicted octanol–water partition coefficient (Wildman–Crippen LogP) is 4.02. The van der Waals surface area contributed by atoms with Gasteiger partial charge < -0.3 is 10.6 Å². The van der Waals surface area contributed by atoms with Crippen LogP contribution in [-0.2, 0) is 0 Å². The van der Waals surface area contributed by atoms with Crippen LogP contribution >= 0.6 is 0 Å². The van der Waals surface area contributed by atoms with Crippen molar-refractivity contribution in [1.82, 2.24) is 9.97 Å². The number of rotatable bonds is 5. The molecule has 116 valence electrons. The quantitative estimate of drug-likeness (QED) is 0.859. The Hall–Kier alpha value is -1.32. The topological polar surface area (TPSA) is 49.8 Å². The van der Waals surface area contributed by atoms with Gasteiger partial charge in [0.2, 0.25) is 0 Å². The van der Waals surface area contributed by atoms with Crippen LogP contribution in [0.3, 0.4) is 0 Å². The first-order valence-electron chi connectivity index (χ1n) is 8.56. The Labute approximate surface area is 128 Å². The third-order valence-corrected chi connectivity index (χ3v) is 5.08. The first-order chi connectivity index (χ1) is 10.2. The van der Waals surface area contributed by atoms with E-state index in [4.69, 9.17) is 4.98 Å². The molecule has 0 radical (unpaired) electrons.